The minimum atomic E-state index is -0.608. The minimum absolute atomic E-state index is 0.395. The number of methoxy groups -OCH3 is 1. The van der Waals surface area contributed by atoms with E-state index in [1.54, 1.807) is 0 Å². The van der Waals surface area contributed by atoms with E-state index in [2.05, 4.69) is 4.74 Å². The lowest BCUT2D eigenvalue weighted by Gasteiger charge is -2.09. The number of hydrogen-bond acceptors (Lipinski definition) is 4. The van der Waals surface area contributed by atoms with Crippen LogP contribution in [-0.2, 0) is 16.0 Å². The Hall–Kier alpha value is -1.55. The van der Waals surface area contributed by atoms with Gasteiger partial charge in [-0.05, 0) is 31.0 Å². The van der Waals surface area contributed by atoms with Gasteiger partial charge >= 0.3 is 5.97 Å². The van der Waals surface area contributed by atoms with Gasteiger partial charge in [-0.15, -0.1) is 0 Å². The van der Waals surface area contributed by atoms with Gasteiger partial charge in [-0.1, -0.05) is 12.1 Å². The van der Waals surface area contributed by atoms with Crippen molar-refractivity contribution in [2.75, 3.05) is 13.7 Å². The number of esters is 1. The Bertz CT molecular complexity index is 335. The van der Waals surface area contributed by atoms with Gasteiger partial charge in [-0.2, -0.15) is 0 Å². The molecule has 88 valence electrons. The van der Waals surface area contributed by atoms with Crippen molar-refractivity contribution in [1.29, 1.82) is 0 Å². The molecule has 0 heterocycles. The van der Waals surface area contributed by atoms with Crippen LogP contribution in [0.25, 0.3) is 0 Å². The second kappa shape index (κ2) is 6.12. The zero-order valence-corrected chi connectivity index (χ0v) is 9.60. The SMILES string of the molecule is CCOc1ccc(C[C@H](N)C(=O)OC)cc1. The zero-order valence-electron chi connectivity index (χ0n) is 9.60. The lowest BCUT2D eigenvalue weighted by Crippen LogP contribution is -2.33. The summed E-state index contributed by atoms with van der Waals surface area (Å²) in [6.07, 6.45) is 0.471. The third-order valence-corrected chi connectivity index (χ3v) is 2.19. The second-order valence-corrected chi connectivity index (χ2v) is 3.41. The van der Waals surface area contributed by atoms with Crippen LogP contribution in [0.2, 0.25) is 0 Å². The highest BCUT2D eigenvalue weighted by atomic mass is 16.5. The normalized spacial score (nSPS) is 11.9. The maximum Gasteiger partial charge on any atom is 0.322 e. The lowest BCUT2D eigenvalue weighted by molar-refractivity contribution is -0.142. The number of benzene rings is 1. The molecule has 0 saturated heterocycles. The molecule has 16 heavy (non-hydrogen) atoms. The van der Waals surface area contributed by atoms with E-state index < -0.39 is 12.0 Å². The first kappa shape index (κ1) is 12.5. The van der Waals surface area contributed by atoms with Gasteiger partial charge < -0.3 is 15.2 Å². The number of carbonyl (C=O) groups is 1. The average Bonchev–Trinajstić information content (AvgIpc) is 2.31. The molecule has 0 aromatic heterocycles. The summed E-state index contributed by atoms with van der Waals surface area (Å²) in [5, 5.41) is 0. The first-order valence-corrected chi connectivity index (χ1v) is 5.22. The predicted octanol–water partition coefficient (Wildman–Crippen LogP) is 1.13. The van der Waals surface area contributed by atoms with Crippen molar-refractivity contribution in [3.63, 3.8) is 0 Å². The molecule has 0 unspecified atom stereocenters. The highest BCUT2D eigenvalue weighted by Gasteiger charge is 2.13. The molecule has 1 rings (SSSR count). The van der Waals surface area contributed by atoms with Crippen LogP contribution in [0.15, 0.2) is 24.3 Å². The summed E-state index contributed by atoms with van der Waals surface area (Å²) >= 11 is 0. The Morgan fingerprint density at radius 3 is 2.50 bits per heavy atom. The van der Waals surface area contributed by atoms with E-state index >= 15 is 0 Å². The first-order chi connectivity index (χ1) is 7.67. The molecule has 0 radical (unpaired) electrons. The molecule has 4 nitrogen and oxygen atoms in total. The Balaban J connectivity index is 2.58. The van der Waals surface area contributed by atoms with Crippen LogP contribution in [0.5, 0.6) is 5.75 Å². The van der Waals surface area contributed by atoms with Gasteiger partial charge in [0.05, 0.1) is 13.7 Å². The summed E-state index contributed by atoms with van der Waals surface area (Å²) in [5.41, 5.74) is 6.64. The van der Waals surface area contributed by atoms with Gasteiger partial charge in [0.25, 0.3) is 0 Å². The van der Waals surface area contributed by atoms with Crippen molar-refractivity contribution in [3.05, 3.63) is 29.8 Å². The van der Waals surface area contributed by atoms with Crippen molar-refractivity contribution in [2.45, 2.75) is 19.4 Å². The van der Waals surface area contributed by atoms with Crippen LogP contribution in [0.4, 0.5) is 0 Å². The van der Waals surface area contributed by atoms with Gasteiger partial charge in [0, 0.05) is 0 Å². The third-order valence-electron chi connectivity index (χ3n) is 2.19. The molecule has 4 heteroatoms. The molecule has 0 saturated carbocycles. The summed E-state index contributed by atoms with van der Waals surface area (Å²) < 4.78 is 9.87. The monoisotopic (exact) mass is 223 g/mol. The number of ether oxygens (including phenoxy) is 2. The van der Waals surface area contributed by atoms with E-state index in [4.69, 9.17) is 10.5 Å². The number of carbonyl (C=O) groups excluding carboxylic acids is 1. The van der Waals surface area contributed by atoms with Crippen molar-refractivity contribution in [3.8, 4) is 5.75 Å². The maximum absolute atomic E-state index is 11.1. The van der Waals surface area contributed by atoms with Crippen LogP contribution in [0, 0.1) is 0 Å². The smallest absolute Gasteiger partial charge is 0.322 e. The van der Waals surface area contributed by atoms with E-state index in [0.29, 0.717) is 13.0 Å². The predicted molar refractivity (Wildman–Crippen MR) is 61.3 cm³/mol. The first-order valence-electron chi connectivity index (χ1n) is 5.22. The highest BCUT2D eigenvalue weighted by molar-refractivity contribution is 5.75. The minimum Gasteiger partial charge on any atom is -0.494 e. The topological polar surface area (TPSA) is 61.5 Å². The fourth-order valence-corrected chi connectivity index (χ4v) is 1.38. The molecular weight excluding hydrogens is 206 g/mol. The van der Waals surface area contributed by atoms with Gasteiger partial charge in [0.1, 0.15) is 11.8 Å². The van der Waals surface area contributed by atoms with Crippen LogP contribution in [-0.4, -0.2) is 25.7 Å². The van der Waals surface area contributed by atoms with Crippen LogP contribution < -0.4 is 10.5 Å². The van der Waals surface area contributed by atoms with Crippen molar-refractivity contribution in [1.82, 2.24) is 0 Å². The summed E-state index contributed by atoms with van der Waals surface area (Å²) in [6, 6.07) is 6.91. The Morgan fingerprint density at radius 1 is 1.38 bits per heavy atom. The van der Waals surface area contributed by atoms with Crippen LogP contribution >= 0.6 is 0 Å². The Morgan fingerprint density at radius 2 is 2.00 bits per heavy atom. The van der Waals surface area contributed by atoms with E-state index in [0.717, 1.165) is 11.3 Å². The molecule has 0 aliphatic rings. The summed E-state index contributed by atoms with van der Waals surface area (Å²) in [7, 11) is 1.33. The maximum atomic E-state index is 11.1. The second-order valence-electron chi connectivity index (χ2n) is 3.41. The van der Waals surface area contributed by atoms with E-state index in [1.165, 1.54) is 7.11 Å². The van der Waals surface area contributed by atoms with Crippen LogP contribution in [0.1, 0.15) is 12.5 Å². The van der Waals surface area contributed by atoms with Gasteiger partial charge in [-0.25, -0.2) is 0 Å². The highest BCUT2D eigenvalue weighted by Crippen LogP contribution is 2.13. The summed E-state index contributed by atoms with van der Waals surface area (Å²) in [4.78, 5) is 11.1. The standard InChI is InChI=1S/C12H17NO3/c1-3-16-10-6-4-9(5-7-10)8-11(13)12(14)15-2/h4-7,11H,3,8,13H2,1-2H3/t11-/m0/s1. The molecule has 0 spiro atoms. The quantitative estimate of drug-likeness (QED) is 0.760. The lowest BCUT2D eigenvalue weighted by atomic mass is 10.1. The molecule has 1 aromatic rings. The molecular formula is C12H17NO3. The van der Waals surface area contributed by atoms with Crippen LogP contribution in [0.3, 0.4) is 0 Å². The van der Waals surface area contributed by atoms with Gasteiger partial charge in [0.2, 0.25) is 0 Å². The molecule has 1 aromatic carbocycles. The van der Waals surface area contributed by atoms with Gasteiger partial charge in [-0.3, -0.25) is 4.79 Å². The van der Waals surface area contributed by atoms with Crippen molar-refractivity contribution in [2.24, 2.45) is 5.73 Å². The number of rotatable bonds is 5. The molecule has 0 aliphatic heterocycles. The molecule has 0 amide bonds. The number of hydrogen-bond donors (Lipinski definition) is 1. The fourth-order valence-electron chi connectivity index (χ4n) is 1.38. The number of nitrogens with two attached hydrogens (primary N) is 1. The van der Waals surface area contributed by atoms with E-state index in [1.807, 2.05) is 31.2 Å². The molecule has 0 bridgehead atoms. The molecule has 1 atom stereocenters. The molecule has 0 fully saturated rings. The van der Waals surface area contributed by atoms with Gasteiger partial charge in [0.15, 0.2) is 0 Å². The van der Waals surface area contributed by atoms with E-state index in [-0.39, 0.29) is 0 Å². The molecule has 2 N–H and O–H groups in total. The third kappa shape index (κ3) is 3.55. The Kier molecular flexibility index (Phi) is 4.79. The van der Waals surface area contributed by atoms with Crippen molar-refractivity contribution >= 4 is 5.97 Å². The summed E-state index contributed by atoms with van der Waals surface area (Å²) in [5.74, 6) is 0.423. The fraction of sp³-hybridized carbons (Fsp3) is 0.417. The molecule has 0 aliphatic carbocycles. The Labute approximate surface area is 95.3 Å². The van der Waals surface area contributed by atoms with E-state index in [9.17, 15) is 4.79 Å². The summed E-state index contributed by atoms with van der Waals surface area (Å²) in [6.45, 7) is 2.57. The average molecular weight is 223 g/mol. The largest absolute Gasteiger partial charge is 0.494 e. The zero-order chi connectivity index (χ0) is 12.0. The van der Waals surface area contributed by atoms with Crippen molar-refractivity contribution < 1.29 is 14.3 Å².